The second kappa shape index (κ2) is 6.67. The molecule has 1 aromatic rings. The Kier molecular flexibility index (Phi) is 5.23. The minimum Gasteiger partial charge on any atom is -0.359 e. The van der Waals surface area contributed by atoms with Crippen LogP contribution in [-0.4, -0.2) is 28.4 Å². The number of nitro groups is 1. The molecule has 7 nitrogen and oxygen atoms in total. The van der Waals surface area contributed by atoms with E-state index in [2.05, 4.69) is 15.6 Å². The molecule has 0 fully saturated rings. The molecule has 1 heterocycles. The first-order chi connectivity index (χ1) is 8.95. The number of hydrogen-bond donors (Lipinski definition) is 2. The Balaban J connectivity index is 2.69. The van der Waals surface area contributed by atoms with Gasteiger partial charge in [-0.05, 0) is 26.3 Å². The molecule has 7 heteroatoms. The molecule has 1 rings (SSSR count). The number of amides is 1. The van der Waals surface area contributed by atoms with Crippen molar-refractivity contribution in [3.05, 3.63) is 27.9 Å². The second-order valence-electron chi connectivity index (χ2n) is 4.27. The predicted octanol–water partition coefficient (Wildman–Crippen LogP) is 1.62. The summed E-state index contributed by atoms with van der Waals surface area (Å²) in [6.07, 6.45) is 2.06. The Bertz CT molecular complexity index is 476. The predicted molar refractivity (Wildman–Crippen MR) is 72.0 cm³/mol. The van der Waals surface area contributed by atoms with E-state index in [1.54, 1.807) is 19.9 Å². The highest BCUT2D eigenvalue weighted by atomic mass is 16.6. The SMILES string of the molecule is CCCNC(=O)C(C)Nc1cc(C)c([N+](=O)[O-])cn1. The fourth-order valence-electron chi connectivity index (χ4n) is 1.51. The number of aromatic nitrogens is 1. The summed E-state index contributed by atoms with van der Waals surface area (Å²) in [6.45, 7) is 5.94. The van der Waals surface area contributed by atoms with Crippen LogP contribution < -0.4 is 10.6 Å². The second-order valence-corrected chi connectivity index (χ2v) is 4.27. The van der Waals surface area contributed by atoms with Crippen LogP contribution in [-0.2, 0) is 4.79 Å². The number of carbonyl (C=O) groups excluding carboxylic acids is 1. The van der Waals surface area contributed by atoms with E-state index in [1.165, 1.54) is 6.20 Å². The lowest BCUT2D eigenvalue weighted by molar-refractivity contribution is -0.385. The summed E-state index contributed by atoms with van der Waals surface area (Å²) >= 11 is 0. The molecule has 0 saturated heterocycles. The van der Waals surface area contributed by atoms with Gasteiger partial charge >= 0.3 is 0 Å². The van der Waals surface area contributed by atoms with Gasteiger partial charge in [-0.2, -0.15) is 0 Å². The van der Waals surface area contributed by atoms with Crippen LogP contribution in [0.2, 0.25) is 0 Å². The van der Waals surface area contributed by atoms with E-state index in [9.17, 15) is 14.9 Å². The van der Waals surface area contributed by atoms with E-state index in [4.69, 9.17) is 0 Å². The first-order valence-corrected chi connectivity index (χ1v) is 6.11. The van der Waals surface area contributed by atoms with E-state index in [1.807, 2.05) is 6.92 Å². The third kappa shape index (κ3) is 4.20. The zero-order valence-electron chi connectivity index (χ0n) is 11.3. The molecule has 0 bridgehead atoms. The third-order valence-electron chi connectivity index (χ3n) is 2.59. The number of carbonyl (C=O) groups is 1. The normalized spacial score (nSPS) is 11.7. The van der Waals surface area contributed by atoms with E-state index >= 15 is 0 Å². The van der Waals surface area contributed by atoms with Crippen LogP contribution in [0.15, 0.2) is 12.3 Å². The molecule has 0 aliphatic heterocycles. The van der Waals surface area contributed by atoms with Crippen molar-refractivity contribution >= 4 is 17.4 Å². The summed E-state index contributed by atoms with van der Waals surface area (Å²) < 4.78 is 0. The lowest BCUT2D eigenvalue weighted by Gasteiger charge is -2.14. The standard InChI is InChI=1S/C12H18N4O3/c1-4-5-13-12(17)9(3)15-11-6-8(2)10(7-14-11)16(18)19/h6-7,9H,4-5H2,1-3H3,(H,13,17)(H,14,15). The van der Waals surface area contributed by atoms with Crippen LogP contribution in [0.4, 0.5) is 11.5 Å². The largest absolute Gasteiger partial charge is 0.359 e. The van der Waals surface area contributed by atoms with Gasteiger partial charge in [-0.25, -0.2) is 4.98 Å². The Morgan fingerprint density at radius 3 is 2.79 bits per heavy atom. The van der Waals surface area contributed by atoms with Crippen molar-refractivity contribution in [2.24, 2.45) is 0 Å². The lowest BCUT2D eigenvalue weighted by atomic mass is 10.2. The maximum Gasteiger partial charge on any atom is 0.290 e. The number of nitrogens with zero attached hydrogens (tertiary/aromatic N) is 2. The van der Waals surface area contributed by atoms with Gasteiger partial charge in [-0.3, -0.25) is 14.9 Å². The minimum absolute atomic E-state index is 0.0337. The lowest BCUT2D eigenvalue weighted by Crippen LogP contribution is -2.38. The van der Waals surface area contributed by atoms with Crippen molar-refractivity contribution in [3.8, 4) is 0 Å². The molecule has 104 valence electrons. The van der Waals surface area contributed by atoms with Gasteiger partial charge in [0.1, 0.15) is 18.1 Å². The van der Waals surface area contributed by atoms with Crippen molar-refractivity contribution in [1.29, 1.82) is 0 Å². The minimum atomic E-state index is -0.483. The van der Waals surface area contributed by atoms with Gasteiger partial charge in [0.25, 0.3) is 5.69 Å². The van der Waals surface area contributed by atoms with Gasteiger partial charge in [0.15, 0.2) is 0 Å². The van der Waals surface area contributed by atoms with Crippen LogP contribution in [0.3, 0.4) is 0 Å². The molecular weight excluding hydrogens is 248 g/mol. The Morgan fingerprint density at radius 2 is 2.26 bits per heavy atom. The molecule has 2 N–H and O–H groups in total. The number of rotatable bonds is 6. The highest BCUT2D eigenvalue weighted by Gasteiger charge is 2.15. The van der Waals surface area contributed by atoms with Gasteiger partial charge in [0.2, 0.25) is 5.91 Å². The van der Waals surface area contributed by atoms with E-state index in [0.717, 1.165) is 6.42 Å². The quantitative estimate of drug-likeness (QED) is 0.602. The fraction of sp³-hybridized carbons (Fsp3) is 0.500. The van der Waals surface area contributed by atoms with E-state index in [-0.39, 0.29) is 11.6 Å². The molecule has 1 atom stereocenters. The van der Waals surface area contributed by atoms with Crippen LogP contribution in [0, 0.1) is 17.0 Å². The highest BCUT2D eigenvalue weighted by molar-refractivity contribution is 5.83. The van der Waals surface area contributed by atoms with Crippen LogP contribution >= 0.6 is 0 Å². The first-order valence-electron chi connectivity index (χ1n) is 6.11. The summed E-state index contributed by atoms with van der Waals surface area (Å²) in [6, 6.07) is 1.11. The molecule has 1 unspecified atom stereocenters. The van der Waals surface area contributed by atoms with Crippen LogP contribution in [0.1, 0.15) is 25.8 Å². The molecule has 0 spiro atoms. The Morgan fingerprint density at radius 1 is 1.58 bits per heavy atom. The molecule has 0 saturated carbocycles. The van der Waals surface area contributed by atoms with Crippen molar-refractivity contribution < 1.29 is 9.72 Å². The van der Waals surface area contributed by atoms with Gasteiger partial charge < -0.3 is 10.6 Å². The van der Waals surface area contributed by atoms with Crippen LogP contribution in [0.25, 0.3) is 0 Å². The van der Waals surface area contributed by atoms with Crippen molar-refractivity contribution in [1.82, 2.24) is 10.3 Å². The van der Waals surface area contributed by atoms with Gasteiger partial charge in [-0.15, -0.1) is 0 Å². The zero-order chi connectivity index (χ0) is 14.4. The van der Waals surface area contributed by atoms with Crippen LogP contribution in [0.5, 0.6) is 0 Å². The molecule has 0 radical (unpaired) electrons. The number of hydrogen-bond acceptors (Lipinski definition) is 5. The first kappa shape index (κ1) is 14.9. The van der Waals surface area contributed by atoms with Gasteiger partial charge in [0.05, 0.1) is 4.92 Å². The number of pyridine rings is 1. The molecule has 1 amide bonds. The molecule has 19 heavy (non-hydrogen) atoms. The van der Waals surface area contributed by atoms with Gasteiger partial charge in [-0.1, -0.05) is 6.92 Å². The molecule has 0 aliphatic carbocycles. The average molecular weight is 266 g/mol. The molecule has 0 aliphatic rings. The zero-order valence-corrected chi connectivity index (χ0v) is 11.3. The topological polar surface area (TPSA) is 97.2 Å². The fourth-order valence-corrected chi connectivity index (χ4v) is 1.51. The average Bonchev–Trinajstić information content (AvgIpc) is 2.35. The summed E-state index contributed by atoms with van der Waals surface area (Å²) in [7, 11) is 0. The summed E-state index contributed by atoms with van der Waals surface area (Å²) in [5.41, 5.74) is 0.470. The summed E-state index contributed by atoms with van der Waals surface area (Å²) in [4.78, 5) is 25.8. The highest BCUT2D eigenvalue weighted by Crippen LogP contribution is 2.19. The maximum absolute atomic E-state index is 11.7. The van der Waals surface area contributed by atoms with E-state index in [0.29, 0.717) is 17.9 Å². The number of anilines is 1. The van der Waals surface area contributed by atoms with Gasteiger partial charge in [0, 0.05) is 12.1 Å². The third-order valence-corrected chi connectivity index (χ3v) is 2.59. The number of aryl methyl sites for hydroxylation is 1. The monoisotopic (exact) mass is 266 g/mol. The van der Waals surface area contributed by atoms with E-state index < -0.39 is 11.0 Å². The smallest absolute Gasteiger partial charge is 0.290 e. The number of nitrogens with one attached hydrogen (secondary N) is 2. The molecule has 0 aromatic carbocycles. The summed E-state index contributed by atoms with van der Waals surface area (Å²) in [5.74, 6) is 0.321. The maximum atomic E-state index is 11.7. The van der Waals surface area contributed by atoms with Crippen molar-refractivity contribution in [3.63, 3.8) is 0 Å². The van der Waals surface area contributed by atoms with Crippen molar-refractivity contribution in [2.45, 2.75) is 33.2 Å². The Hall–Kier alpha value is -2.18. The molecular formula is C12H18N4O3. The summed E-state index contributed by atoms with van der Waals surface area (Å²) in [5, 5.41) is 16.3. The molecule has 1 aromatic heterocycles. The Labute approximate surface area is 111 Å². The van der Waals surface area contributed by atoms with Crippen molar-refractivity contribution in [2.75, 3.05) is 11.9 Å².